The Morgan fingerprint density at radius 3 is 1.96 bits per heavy atom. The second kappa shape index (κ2) is 9.83. The predicted octanol–water partition coefficient (Wildman–Crippen LogP) is 10.1. The van der Waals surface area contributed by atoms with Gasteiger partial charge < -0.3 is 4.57 Å². The van der Waals surface area contributed by atoms with Crippen molar-refractivity contribution in [3.63, 3.8) is 0 Å². The molecule has 0 amide bonds. The van der Waals surface area contributed by atoms with Crippen LogP contribution in [0, 0.1) is 18.3 Å². The standard InChI is InChI=1S/C38H23F3N4/c1-23-14-16-34-29(18-23)27-10-4-6-12-32(27)44(34)36-22-43-37(20-31(36)26-9-3-2-8-24(26)21-42)45-33-13-7-5-11-28(33)30-19-25(38(39,40)41)15-17-35(30)45/h2-20,22H,1H3. The van der Waals surface area contributed by atoms with E-state index in [1.54, 1.807) is 12.3 Å². The minimum absolute atomic E-state index is 0.489. The van der Waals surface area contributed by atoms with Crippen LogP contribution in [0.25, 0.3) is 66.2 Å². The van der Waals surface area contributed by atoms with E-state index in [4.69, 9.17) is 4.98 Å². The minimum Gasteiger partial charge on any atom is -0.307 e. The number of hydrogen-bond donors (Lipinski definition) is 0. The number of rotatable bonds is 3. The molecule has 0 atom stereocenters. The molecular formula is C38H23F3N4. The Kier molecular flexibility index (Phi) is 5.84. The van der Waals surface area contributed by atoms with Gasteiger partial charge in [-0.1, -0.05) is 66.2 Å². The van der Waals surface area contributed by atoms with Crippen molar-refractivity contribution in [2.24, 2.45) is 0 Å². The number of aromatic nitrogens is 3. The first-order chi connectivity index (χ1) is 21.8. The van der Waals surface area contributed by atoms with E-state index in [0.717, 1.165) is 55.8 Å². The maximum absolute atomic E-state index is 13.7. The molecule has 0 aliphatic rings. The van der Waals surface area contributed by atoms with Gasteiger partial charge in [0.2, 0.25) is 0 Å². The maximum Gasteiger partial charge on any atom is 0.416 e. The van der Waals surface area contributed by atoms with Gasteiger partial charge in [0.15, 0.2) is 0 Å². The van der Waals surface area contributed by atoms with Crippen LogP contribution in [-0.4, -0.2) is 14.1 Å². The number of nitriles is 1. The maximum atomic E-state index is 13.7. The third-order valence-electron chi connectivity index (χ3n) is 8.50. The molecule has 7 heteroatoms. The van der Waals surface area contributed by atoms with Gasteiger partial charge in [0.1, 0.15) is 5.82 Å². The molecule has 3 aromatic heterocycles. The summed E-state index contributed by atoms with van der Waals surface area (Å²) in [5.74, 6) is 0.532. The highest BCUT2D eigenvalue weighted by Crippen LogP contribution is 2.40. The number of pyridine rings is 1. The summed E-state index contributed by atoms with van der Waals surface area (Å²) in [4.78, 5) is 4.96. The smallest absolute Gasteiger partial charge is 0.307 e. The van der Waals surface area contributed by atoms with Crippen molar-refractivity contribution in [2.45, 2.75) is 13.1 Å². The molecule has 0 saturated heterocycles. The average Bonchev–Trinajstić information content (AvgIpc) is 3.56. The molecule has 4 nitrogen and oxygen atoms in total. The van der Waals surface area contributed by atoms with Gasteiger partial charge >= 0.3 is 6.18 Å². The molecule has 3 heterocycles. The SMILES string of the molecule is Cc1ccc2c(c1)c1ccccc1n2-c1cnc(-n2c3ccccc3c3cc(C(F)(F)F)ccc32)cc1-c1ccccc1C#N. The summed E-state index contributed by atoms with van der Waals surface area (Å²) in [5, 5.41) is 13.5. The van der Waals surface area contributed by atoms with Crippen LogP contribution in [0.2, 0.25) is 0 Å². The summed E-state index contributed by atoms with van der Waals surface area (Å²) in [6.45, 7) is 2.07. The van der Waals surface area contributed by atoms with Gasteiger partial charge in [0.05, 0.1) is 51.1 Å². The van der Waals surface area contributed by atoms with Crippen molar-refractivity contribution in [1.82, 2.24) is 14.1 Å². The van der Waals surface area contributed by atoms with E-state index >= 15 is 0 Å². The van der Waals surface area contributed by atoms with Crippen molar-refractivity contribution in [2.75, 3.05) is 0 Å². The van der Waals surface area contributed by atoms with Gasteiger partial charge in [0, 0.05) is 32.7 Å². The highest BCUT2D eigenvalue weighted by atomic mass is 19.4. The second-order valence-corrected chi connectivity index (χ2v) is 11.2. The minimum atomic E-state index is -4.47. The van der Waals surface area contributed by atoms with Crippen molar-refractivity contribution in [3.8, 4) is 28.7 Å². The molecular weight excluding hydrogens is 569 g/mol. The Hall–Kier alpha value is -5.87. The number of alkyl halides is 3. The number of halogens is 3. The van der Waals surface area contributed by atoms with Crippen LogP contribution in [0.4, 0.5) is 13.2 Å². The van der Waals surface area contributed by atoms with Crippen LogP contribution < -0.4 is 0 Å². The molecule has 0 aliphatic carbocycles. The zero-order valence-electron chi connectivity index (χ0n) is 24.0. The quantitative estimate of drug-likeness (QED) is 0.205. The van der Waals surface area contributed by atoms with Gasteiger partial charge in [-0.15, -0.1) is 0 Å². The molecule has 0 unspecified atom stereocenters. The van der Waals surface area contributed by atoms with Gasteiger partial charge in [-0.3, -0.25) is 4.57 Å². The van der Waals surface area contributed by atoms with Crippen molar-refractivity contribution >= 4 is 43.6 Å². The molecule has 216 valence electrons. The van der Waals surface area contributed by atoms with E-state index in [9.17, 15) is 18.4 Å². The Bertz CT molecular complexity index is 2510. The second-order valence-electron chi connectivity index (χ2n) is 11.2. The van der Waals surface area contributed by atoms with E-state index in [2.05, 4.69) is 47.9 Å². The molecule has 0 N–H and O–H groups in total. The number of aryl methyl sites for hydroxylation is 1. The summed E-state index contributed by atoms with van der Waals surface area (Å²) >= 11 is 0. The summed E-state index contributed by atoms with van der Waals surface area (Å²) in [5.41, 5.74) is 6.59. The third kappa shape index (κ3) is 4.10. The summed E-state index contributed by atoms with van der Waals surface area (Å²) in [6.07, 6.45) is -2.67. The molecule has 0 radical (unpaired) electrons. The van der Waals surface area contributed by atoms with Crippen LogP contribution >= 0.6 is 0 Å². The summed E-state index contributed by atoms with van der Waals surface area (Å²) < 4.78 is 45.3. The van der Waals surface area contributed by atoms with Gasteiger partial charge in [-0.05, 0) is 61.5 Å². The number of hydrogen-bond acceptors (Lipinski definition) is 2. The van der Waals surface area contributed by atoms with Crippen molar-refractivity contribution in [3.05, 3.63) is 138 Å². The largest absolute Gasteiger partial charge is 0.416 e. The number of benzene rings is 5. The summed E-state index contributed by atoms with van der Waals surface area (Å²) in [6, 6.07) is 37.5. The first-order valence-electron chi connectivity index (χ1n) is 14.4. The molecule has 5 aromatic carbocycles. The molecule has 8 rings (SSSR count). The third-order valence-corrected chi connectivity index (χ3v) is 8.50. The fourth-order valence-corrected chi connectivity index (χ4v) is 6.51. The van der Waals surface area contributed by atoms with E-state index < -0.39 is 11.7 Å². The van der Waals surface area contributed by atoms with Crippen LogP contribution in [0.3, 0.4) is 0 Å². The lowest BCUT2D eigenvalue weighted by atomic mass is 9.99. The van der Waals surface area contributed by atoms with E-state index in [-0.39, 0.29) is 0 Å². The van der Waals surface area contributed by atoms with Crippen LogP contribution in [0.15, 0.2) is 121 Å². The zero-order valence-corrected chi connectivity index (χ0v) is 24.0. The monoisotopic (exact) mass is 592 g/mol. The van der Waals surface area contributed by atoms with Crippen LogP contribution in [0.1, 0.15) is 16.7 Å². The first kappa shape index (κ1) is 26.7. The Morgan fingerprint density at radius 1 is 0.622 bits per heavy atom. The van der Waals surface area contributed by atoms with E-state index in [1.165, 1.54) is 12.1 Å². The molecule has 0 fully saturated rings. The van der Waals surface area contributed by atoms with Crippen LogP contribution in [0.5, 0.6) is 0 Å². The zero-order chi connectivity index (χ0) is 30.9. The lowest BCUT2D eigenvalue weighted by Crippen LogP contribution is -2.05. The molecule has 8 aromatic rings. The van der Waals surface area contributed by atoms with Gasteiger partial charge in [-0.25, -0.2) is 4.98 Å². The summed E-state index contributed by atoms with van der Waals surface area (Å²) in [7, 11) is 0. The highest BCUT2D eigenvalue weighted by Gasteiger charge is 2.31. The van der Waals surface area contributed by atoms with E-state index in [1.807, 2.05) is 65.2 Å². The van der Waals surface area contributed by atoms with Gasteiger partial charge in [0.25, 0.3) is 0 Å². The predicted molar refractivity (Wildman–Crippen MR) is 173 cm³/mol. The Morgan fingerprint density at radius 2 is 1.22 bits per heavy atom. The first-order valence-corrected chi connectivity index (χ1v) is 14.4. The topological polar surface area (TPSA) is 46.5 Å². The Balaban J connectivity index is 1.47. The molecule has 0 aliphatic heterocycles. The molecule has 0 spiro atoms. The average molecular weight is 593 g/mol. The van der Waals surface area contributed by atoms with Crippen molar-refractivity contribution in [1.29, 1.82) is 5.26 Å². The molecule has 0 bridgehead atoms. The van der Waals surface area contributed by atoms with E-state index in [0.29, 0.717) is 27.7 Å². The van der Waals surface area contributed by atoms with Crippen molar-refractivity contribution < 1.29 is 13.2 Å². The number of para-hydroxylation sites is 2. The Labute approximate surface area is 255 Å². The van der Waals surface area contributed by atoms with Crippen LogP contribution in [-0.2, 0) is 6.18 Å². The lowest BCUT2D eigenvalue weighted by molar-refractivity contribution is -0.137. The number of nitrogens with zero attached hydrogens (tertiary/aromatic N) is 4. The highest BCUT2D eigenvalue weighted by molar-refractivity contribution is 6.11. The fraction of sp³-hybridized carbons (Fsp3) is 0.0526. The molecule has 45 heavy (non-hydrogen) atoms. The normalized spacial score (nSPS) is 12.0. The van der Waals surface area contributed by atoms with Gasteiger partial charge in [-0.2, -0.15) is 18.4 Å². The fourth-order valence-electron chi connectivity index (χ4n) is 6.51. The lowest BCUT2D eigenvalue weighted by Gasteiger charge is -2.17. The molecule has 0 saturated carbocycles. The number of fused-ring (bicyclic) bond motifs is 6.